The second-order valence-electron chi connectivity index (χ2n) is 4.40. The Morgan fingerprint density at radius 2 is 2.05 bits per heavy atom. The number of ether oxygens (including phenoxy) is 1. The van der Waals surface area contributed by atoms with Crippen molar-refractivity contribution >= 4 is 34.2 Å². The summed E-state index contributed by atoms with van der Waals surface area (Å²) in [7, 11) is 0. The van der Waals surface area contributed by atoms with E-state index in [1.807, 2.05) is 56.3 Å². The van der Waals surface area contributed by atoms with Crippen LogP contribution in [0.2, 0.25) is 0 Å². The molecular formula is C16H16INO2. The molecule has 0 aliphatic heterocycles. The lowest BCUT2D eigenvalue weighted by molar-refractivity contribution is 0.102. The molecule has 1 N–H and O–H groups in total. The van der Waals surface area contributed by atoms with Crippen LogP contribution in [0.4, 0.5) is 5.69 Å². The van der Waals surface area contributed by atoms with E-state index in [4.69, 9.17) is 4.74 Å². The fourth-order valence-electron chi connectivity index (χ4n) is 1.83. The first-order valence-corrected chi connectivity index (χ1v) is 7.48. The van der Waals surface area contributed by atoms with E-state index in [-0.39, 0.29) is 5.91 Å². The van der Waals surface area contributed by atoms with Crippen LogP contribution in [0.5, 0.6) is 5.75 Å². The van der Waals surface area contributed by atoms with Crippen molar-refractivity contribution in [1.29, 1.82) is 0 Å². The second kappa shape index (κ2) is 6.74. The molecule has 2 aromatic rings. The molecule has 20 heavy (non-hydrogen) atoms. The molecule has 2 aromatic carbocycles. The van der Waals surface area contributed by atoms with Crippen LogP contribution >= 0.6 is 22.6 Å². The zero-order valence-corrected chi connectivity index (χ0v) is 13.6. The summed E-state index contributed by atoms with van der Waals surface area (Å²) in [5.74, 6) is 0.645. The van der Waals surface area contributed by atoms with Gasteiger partial charge in [-0.3, -0.25) is 4.79 Å². The summed E-state index contributed by atoms with van der Waals surface area (Å²) in [5.41, 5.74) is 2.56. The van der Waals surface area contributed by atoms with Gasteiger partial charge in [0.2, 0.25) is 0 Å². The summed E-state index contributed by atoms with van der Waals surface area (Å²) < 4.78 is 6.37. The molecule has 0 atom stereocenters. The number of amides is 1. The highest BCUT2D eigenvalue weighted by molar-refractivity contribution is 14.1. The van der Waals surface area contributed by atoms with Gasteiger partial charge in [0, 0.05) is 15.3 Å². The maximum Gasteiger partial charge on any atom is 0.256 e. The summed E-state index contributed by atoms with van der Waals surface area (Å²) >= 11 is 2.18. The van der Waals surface area contributed by atoms with Crippen LogP contribution in [0.3, 0.4) is 0 Å². The molecule has 3 nitrogen and oxygen atoms in total. The number of anilines is 1. The van der Waals surface area contributed by atoms with Crippen molar-refractivity contribution < 1.29 is 9.53 Å². The van der Waals surface area contributed by atoms with Crippen LogP contribution in [0, 0.1) is 10.5 Å². The summed E-state index contributed by atoms with van der Waals surface area (Å²) in [6.45, 7) is 4.54. The number of hydrogen-bond donors (Lipinski definition) is 1. The number of benzene rings is 2. The Kier molecular flexibility index (Phi) is 5.00. The van der Waals surface area contributed by atoms with E-state index >= 15 is 0 Å². The fourth-order valence-corrected chi connectivity index (χ4v) is 2.75. The Morgan fingerprint density at radius 3 is 2.75 bits per heavy atom. The first kappa shape index (κ1) is 14.8. The van der Waals surface area contributed by atoms with Gasteiger partial charge in [-0.2, -0.15) is 0 Å². The molecule has 0 heterocycles. The third-order valence-corrected chi connectivity index (χ3v) is 3.66. The van der Waals surface area contributed by atoms with Crippen molar-refractivity contribution in [2.75, 3.05) is 11.9 Å². The maximum absolute atomic E-state index is 12.3. The van der Waals surface area contributed by atoms with Gasteiger partial charge in [0.05, 0.1) is 12.2 Å². The van der Waals surface area contributed by atoms with E-state index in [2.05, 4.69) is 27.9 Å². The van der Waals surface area contributed by atoms with Gasteiger partial charge in [0.25, 0.3) is 5.91 Å². The summed E-state index contributed by atoms with van der Waals surface area (Å²) in [5, 5.41) is 2.89. The Labute approximate surface area is 132 Å². The molecule has 0 aliphatic rings. The van der Waals surface area contributed by atoms with Crippen LogP contribution in [-0.4, -0.2) is 12.5 Å². The highest BCUT2D eigenvalue weighted by Gasteiger charge is 2.10. The number of carbonyl (C=O) groups is 1. The van der Waals surface area contributed by atoms with E-state index in [0.29, 0.717) is 12.2 Å². The predicted octanol–water partition coefficient (Wildman–Crippen LogP) is 4.25. The highest BCUT2D eigenvalue weighted by atomic mass is 127. The van der Waals surface area contributed by atoms with Crippen LogP contribution < -0.4 is 10.1 Å². The van der Waals surface area contributed by atoms with E-state index in [1.165, 1.54) is 0 Å². The first-order chi connectivity index (χ1) is 9.60. The summed E-state index contributed by atoms with van der Waals surface area (Å²) in [6.07, 6.45) is 0. The molecule has 0 radical (unpaired) electrons. The Bertz CT molecular complexity index is 626. The molecule has 104 valence electrons. The van der Waals surface area contributed by atoms with Crippen LogP contribution in [0.15, 0.2) is 42.5 Å². The van der Waals surface area contributed by atoms with E-state index in [9.17, 15) is 4.79 Å². The Morgan fingerprint density at radius 1 is 1.25 bits per heavy atom. The Hall–Kier alpha value is -1.56. The van der Waals surface area contributed by atoms with Crippen LogP contribution in [0.1, 0.15) is 22.8 Å². The lowest BCUT2D eigenvalue weighted by Gasteiger charge is -2.09. The van der Waals surface area contributed by atoms with E-state index < -0.39 is 0 Å². The average Bonchev–Trinajstić information content (AvgIpc) is 2.39. The third kappa shape index (κ3) is 3.72. The molecule has 0 bridgehead atoms. The number of halogens is 1. The van der Waals surface area contributed by atoms with E-state index in [1.54, 1.807) is 0 Å². The van der Waals surface area contributed by atoms with E-state index in [0.717, 1.165) is 20.6 Å². The van der Waals surface area contributed by atoms with Gasteiger partial charge in [0.1, 0.15) is 5.75 Å². The number of aryl methyl sites for hydroxylation is 1. The van der Waals surface area contributed by atoms with Crippen molar-refractivity contribution in [2.24, 2.45) is 0 Å². The van der Waals surface area contributed by atoms with Gasteiger partial charge in [-0.25, -0.2) is 0 Å². The first-order valence-electron chi connectivity index (χ1n) is 6.40. The smallest absolute Gasteiger partial charge is 0.256 e. The molecule has 2 rings (SSSR count). The number of rotatable bonds is 4. The predicted molar refractivity (Wildman–Crippen MR) is 89.5 cm³/mol. The van der Waals surface area contributed by atoms with Crippen molar-refractivity contribution in [3.63, 3.8) is 0 Å². The van der Waals surface area contributed by atoms with Crippen molar-refractivity contribution in [3.05, 3.63) is 57.2 Å². The molecule has 0 saturated heterocycles. The molecule has 0 aromatic heterocycles. The summed E-state index contributed by atoms with van der Waals surface area (Å²) in [6, 6.07) is 13.2. The van der Waals surface area contributed by atoms with Gasteiger partial charge in [-0.05, 0) is 60.7 Å². The minimum Gasteiger partial charge on any atom is -0.494 e. The van der Waals surface area contributed by atoms with Gasteiger partial charge in [0.15, 0.2) is 0 Å². The molecule has 4 heteroatoms. The second-order valence-corrected chi connectivity index (χ2v) is 5.56. The molecular weight excluding hydrogens is 365 g/mol. The normalized spacial score (nSPS) is 10.2. The van der Waals surface area contributed by atoms with Gasteiger partial charge in [-0.1, -0.05) is 17.7 Å². The standard InChI is InChI=1S/C16H16INO2/c1-3-20-13-6-4-5-12(10-13)18-16(19)14-8-7-11(2)9-15(14)17/h4-10H,3H2,1-2H3,(H,18,19). The lowest BCUT2D eigenvalue weighted by Crippen LogP contribution is -2.13. The molecule has 0 spiro atoms. The Balaban J connectivity index is 2.17. The fraction of sp³-hybridized carbons (Fsp3) is 0.188. The third-order valence-electron chi connectivity index (χ3n) is 2.77. The SMILES string of the molecule is CCOc1cccc(NC(=O)c2ccc(C)cc2I)c1. The quantitative estimate of drug-likeness (QED) is 0.805. The molecule has 0 unspecified atom stereocenters. The van der Waals surface area contributed by atoms with Crippen molar-refractivity contribution in [3.8, 4) is 5.75 Å². The van der Waals surface area contributed by atoms with Crippen molar-refractivity contribution in [2.45, 2.75) is 13.8 Å². The zero-order chi connectivity index (χ0) is 14.5. The molecule has 1 amide bonds. The minimum absolute atomic E-state index is 0.108. The summed E-state index contributed by atoms with van der Waals surface area (Å²) in [4.78, 5) is 12.3. The van der Waals surface area contributed by atoms with Gasteiger partial charge in [-0.15, -0.1) is 0 Å². The lowest BCUT2D eigenvalue weighted by atomic mass is 10.1. The van der Waals surface area contributed by atoms with Crippen LogP contribution in [-0.2, 0) is 0 Å². The average molecular weight is 381 g/mol. The van der Waals surface area contributed by atoms with Gasteiger partial charge >= 0.3 is 0 Å². The maximum atomic E-state index is 12.3. The van der Waals surface area contributed by atoms with Crippen molar-refractivity contribution in [1.82, 2.24) is 0 Å². The van der Waals surface area contributed by atoms with Gasteiger partial charge < -0.3 is 10.1 Å². The number of nitrogens with one attached hydrogen (secondary N) is 1. The number of carbonyl (C=O) groups excluding carboxylic acids is 1. The monoisotopic (exact) mass is 381 g/mol. The molecule has 0 aliphatic carbocycles. The number of hydrogen-bond acceptors (Lipinski definition) is 2. The molecule has 0 fully saturated rings. The highest BCUT2D eigenvalue weighted by Crippen LogP contribution is 2.20. The topological polar surface area (TPSA) is 38.3 Å². The zero-order valence-electron chi connectivity index (χ0n) is 11.4. The molecule has 0 saturated carbocycles. The minimum atomic E-state index is -0.108. The largest absolute Gasteiger partial charge is 0.494 e. The van der Waals surface area contributed by atoms with Crippen LogP contribution in [0.25, 0.3) is 0 Å².